The van der Waals surface area contributed by atoms with E-state index >= 15 is 0 Å². The Bertz CT molecular complexity index is 216. The van der Waals surface area contributed by atoms with Gasteiger partial charge in [0, 0.05) is 26.2 Å². The Labute approximate surface area is 96.3 Å². The van der Waals surface area contributed by atoms with Crippen molar-refractivity contribution in [3.8, 4) is 0 Å². The Morgan fingerprint density at radius 1 is 1.50 bits per heavy atom. The lowest BCUT2D eigenvalue weighted by Crippen LogP contribution is -2.48. The fourth-order valence-electron chi connectivity index (χ4n) is 2.15. The van der Waals surface area contributed by atoms with Gasteiger partial charge in [-0.3, -0.25) is 9.69 Å². The van der Waals surface area contributed by atoms with E-state index in [9.17, 15) is 4.79 Å². The number of carboxylic acid groups (broad SMARTS) is 1. The van der Waals surface area contributed by atoms with Crippen LogP contribution < -0.4 is 0 Å². The van der Waals surface area contributed by atoms with Crippen LogP contribution in [-0.4, -0.2) is 62.0 Å². The van der Waals surface area contributed by atoms with Crippen molar-refractivity contribution in [1.29, 1.82) is 0 Å². The molecule has 0 aromatic heterocycles. The van der Waals surface area contributed by atoms with Crippen molar-refractivity contribution in [1.82, 2.24) is 4.90 Å². The molecule has 0 aromatic carbocycles. The van der Waals surface area contributed by atoms with Gasteiger partial charge in [-0.2, -0.15) is 0 Å². The van der Waals surface area contributed by atoms with E-state index in [1.54, 1.807) is 7.11 Å². The van der Waals surface area contributed by atoms with Crippen LogP contribution in [0.5, 0.6) is 0 Å². The van der Waals surface area contributed by atoms with Crippen LogP contribution in [0, 0.1) is 5.92 Å². The standard InChI is InChI=1S/C11H21NO4/c1-9(8-15-2)10(7-11(13)14)12-3-5-16-6-4-12/h9-10H,3-8H2,1-2H3,(H,13,14). The van der Waals surface area contributed by atoms with Crippen molar-refractivity contribution in [2.75, 3.05) is 40.0 Å². The summed E-state index contributed by atoms with van der Waals surface area (Å²) >= 11 is 0. The Balaban J connectivity index is 2.56. The number of methoxy groups -OCH3 is 1. The molecule has 0 spiro atoms. The molecule has 0 saturated carbocycles. The lowest BCUT2D eigenvalue weighted by molar-refractivity contribution is -0.139. The van der Waals surface area contributed by atoms with Gasteiger partial charge in [0.1, 0.15) is 0 Å². The fraction of sp³-hybridized carbons (Fsp3) is 0.909. The summed E-state index contributed by atoms with van der Waals surface area (Å²) in [6.45, 7) is 5.63. The maximum atomic E-state index is 10.9. The van der Waals surface area contributed by atoms with Crippen LogP contribution in [0.15, 0.2) is 0 Å². The number of aliphatic carboxylic acids is 1. The van der Waals surface area contributed by atoms with Gasteiger partial charge in [-0.05, 0) is 5.92 Å². The monoisotopic (exact) mass is 231 g/mol. The normalized spacial score (nSPS) is 21.6. The van der Waals surface area contributed by atoms with Crippen molar-refractivity contribution in [2.45, 2.75) is 19.4 Å². The average molecular weight is 231 g/mol. The molecule has 0 aliphatic carbocycles. The zero-order valence-corrected chi connectivity index (χ0v) is 10.0. The maximum Gasteiger partial charge on any atom is 0.304 e. The van der Waals surface area contributed by atoms with Crippen LogP contribution in [-0.2, 0) is 14.3 Å². The third-order valence-electron chi connectivity index (χ3n) is 2.98. The third-order valence-corrected chi connectivity index (χ3v) is 2.98. The molecule has 5 heteroatoms. The first-order chi connectivity index (χ1) is 7.65. The average Bonchev–Trinajstić information content (AvgIpc) is 2.27. The van der Waals surface area contributed by atoms with E-state index in [-0.39, 0.29) is 18.4 Å². The van der Waals surface area contributed by atoms with Crippen LogP contribution in [0.25, 0.3) is 0 Å². The van der Waals surface area contributed by atoms with E-state index in [1.807, 2.05) is 6.92 Å². The molecule has 0 amide bonds. The van der Waals surface area contributed by atoms with Gasteiger partial charge in [0.15, 0.2) is 0 Å². The molecule has 0 aromatic rings. The second-order valence-electron chi connectivity index (χ2n) is 4.25. The van der Waals surface area contributed by atoms with Gasteiger partial charge in [-0.1, -0.05) is 6.92 Å². The first-order valence-electron chi connectivity index (χ1n) is 5.67. The van der Waals surface area contributed by atoms with E-state index in [0.717, 1.165) is 13.1 Å². The highest BCUT2D eigenvalue weighted by Gasteiger charge is 2.27. The lowest BCUT2D eigenvalue weighted by Gasteiger charge is -2.36. The van der Waals surface area contributed by atoms with Gasteiger partial charge in [0.25, 0.3) is 0 Å². The fourth-order valence-corrected chi connectivity index (χ4v) is 2.15. The number of hydrogen-bond donors (Lipinski definition) is 1. The minimum atomic E-state index is -0.751. The van der Waals surface area contributed by atoms with Crippen molar-refractivity contribution < 1.29 is 19.4 Å². The highest BCUT2D eigenvalue weighted by molar-refractivity contribution is 5.67. The van der Waals surface area contributed by atoms with Gasteiger partial charge in [0.2, 0.25) is 0 Å². The van der Waals surface area contributed by atoms with Crippen molar-refractivity contribution in [2.24, 2.45) is 5.92 Å². The van der Waals surface area contributed by atoms with E-state index in [4.69, 9.17) is 14.6 Å². The minimum Gasteiger partial charge on any atom is -0.481 e. The molecule has 1 N–H and O–H groups in total. The second kappa shape index (κ2) is 6.83. The van der Waals surface area contributed by atoms with Gasteiger partial charge in [0.05, 0.1) is 26.2 Å². The molecule has 1 aliphatic heterocycles. The predicted molar refractivity (Wildman–Crippen MR) is 59.5 cm³/mol. The van der Waals surface area contributed by atoms with Crippen LogP contribution in [0.1, 0.15) is 13.3 Å². The van der Waals surface area contributed by atoms with Crippen molar-refractivity contribution >= 4 is 5.97 Å². The molecule has 1 heterocycles. The van der Waals surface area contributed by atoms with E-state index in [0.29, 0.717) is 19.8 Å². The quantitative estimate of drug-likeness (QED) is 0.719. The topological polar surface area (TPSA) is 59.0 Å². The maximum absolute atomic E-state index is 10.9. The molecule has 2 unspecified atom stereocenters. The first-order valence-corrected chi connectivity index (χ1v) is 5.67. The molecule has 0 bridgehead atoms. The zero-order chi connectivity index (χ0) is 12.0. The van der Waals surface area contributed by atoms with Gasteiger partial charge < -0.3 is 14.6 Å². The minimum absolute atomic E-state index is 0.0429. The second-order valence-corrected chi connectivity index (χ2v) is 4.25. The molecule has 5 nitrogen and oxygen atoms in total. The van der Waals surface area contributed by atoms with Crippen LogP contribution >= 0.6 is 0 Å². The van der Waals surface area contributed by atoms with E-state index in [1.165, 1.54) is 0 Å². The highest BCUT2D eigenvalue weighted by Crippen LogP contribution is 2.17. The molecule has 1 rings (SSSR count). The first kappa shape index (κ1) is 13.4. The smallest absolute Gasteiger partial charge is 0.304 e. The number of carboxylic acids is 1. The summed E-state index contributed by atoms with van der Waals surface area (Å²) in [5.41, 5.74) is 0. The summed E-state index contributed by atoms with van der Waals surface area (Å²) in [6.07, 6.45) is 0.171. The van der Waals surface area contributed by atoms with Gasteiger partial charge in [-0.15, -0.1) is 0 Å². The molecule has 94 valence electrons. The number of hydrogen-bond acceptors (Lipinski definition) is 4. The molecule has 16 heavy (non-hydrogen) atoms. The van der Waals surface area contributed by atoms with Crippen LogP contribution in [0.2, 0.25) is 0 Å². The summed E-state index contributed by atoms with van der Waals surface area (Å²) in [6, 6.07) is 0.0429. The summed E-state index contributed by atoms with van der Waals surface area (Å²) in [5, 5.41) is 8.93. The van der Waals surface area contributed by atoms with Gasteiger partial charge in [-0.25, -0.2) is 0 Å². The van der Waals surface area contributed by atoms with Crippen LogP contribution in [0.3, 0.4) is 0 Å². The van der Waals surface area contributed by atoms with Crippen molar-refractivity contribution in [3.63, 3.8) is 0 Å². The molecule has 1 aliphatic rings. The molecule has 0 radical (unpaired) electrons. The Hall–Kier alpha value is -0.650. The van der Waals surface area contributed by atoms with E-state index in [2.05, 4.69) is 4.90 Å². The lowest BCUT2D eigenvalue weighted by atomic mass is 9.97. The van der Waals surface area contributed by atoms with Crippen LogP contribution in [0.4, 0.5) is 0 Å². The number of rotatable bonds is 6. The number of nitrogens with zero attached hydrogens (tertiary/aromatic N) is 1. The molecular formula is C11H21NO4. The summed E-state index contributed by atoms with van der Waals surface area (Å²) in [4.78, 5) is 13.1. The number of carbonyl (C=O) groups is 1. The molecule has 1 saturated heterocycles. The molecule has 1 fully saturated rings. The Morgan fingerprint density at radius 2 is 2.12 bits per heavy atom. The van der Waals surface area contributed by atoms with Gasteiger partial charge >= 0.3 is 5.97 Å². The largest absolute Gasteiger partial charge is 0.481 e. The highest BCUT2D eigenvalue weighted by atomic mass is 16.5. The summed E-state index contributed by atoms with van der Waals surface area (Å²) in [7, 11) is 1.65. The number of morpholine rings is 1. The Kier molecular flexibility index (Phi) is 5.73. The SMILES string of the molecule is COCC(C)C(CC(=O)O)N1CCOCC1. The molecule has 2 atom stereocenters. The Morgan fingerprint density at radius 3 is 2.62 bits per heavy atom. The third kappa shape index (κ3) is 4.08. The summed E-state index contributed by atoms with van der Waals surface area (Å²) in [5.74, 6) is -0.529. The van der Waals surface area contributed by atoms with Crippen molar-refractivity contribution in [3.05, 3.63) is 0 Å². The number of ether oxygens (including phenoxy) is 2. The summed E-state index contributed by atoms with van der Waals surface area (Å²) < 4.78 is 10.4. The zero-order valence-electron chi connectivity index (χ0n) is 10.0. The predicted octanol–water partition coefficient (Wildman–Crippen LogP) is 0.444. The molecular weight excluding hydrogens is 210 g/mol. The van der Waals surface area contributed by atoms with E-state index < -0.39 is 5.97 Å².